The third-order valence-corrected chi connectivity index (χ3v) is 8.33. The smallest absolute Gasteiger partial charge is 0.0740 e. The first kappa shape index (κ1) is 20.0. The zero-order chi connectivity index (χ0) is 23.9. The third kappa shape index (κ3) is 2.39. The van der Waals surface area contributed by atoms with E-state index >= 15 is 0 Å². The number of aromatic nitrogens is 1. The van der Waals surface area contributed by atoms with E-state index in [2.05, 4.69) is 108 Å². The summed E-state index contributed by atoms with van der Waals surface area (Å²) in [4.78, 5) is 4.44. The highest BCUT2D eigenvalue weighted by Crippen LogP contribution is 2.65. The van der Waals surface area contributed by atoms with Crippen LogP contribution in [0.15, 0.2) is 122 Å². The largest absolute Gasteiger partial charge is 0.264 e. The molecule has 0 unspecified atom stereocenters. The molecule has 0 atom stereocenters. The molecule has 0 N–H and O–H groups in total. The molecular weight excluding hydrogens is 458 g/mol. The van der Waals surface area contributed by atoms with Crippen molar-refractivity contribution in [1.29, 1.82) is 0 Å². The number of hydrogen-bond donors (Lipinski definition) is 0. The van der Waals surface area contributed by atoms with Gasteiger partial charge < -0.3 is 0 Å². The summed E-state index contributed by atoms with van der Waals surface area (Å²) in [5, 5.41) is 3.27. The van der Waals surface area contributed by atoms with Gasteiger partial charge in [0.2, 0.25) is 0 Å². The van der Waals surface area contributed by atoms with E-state index in [1.807, 2.05) is 18.5 Å². The first-order valence-corrected chi connectivity index (χ1v) is 12.6. The molecule has 2 heteroatoms. The number of nitrogens with zero attached hydrogens (tertiary/aromatic N) is 1. The molecule has 1 nitrogen and oxygen atoms in total. The number of hydrogen-bond acceptors (Lipinski definition) is 1. The zero-order valence-electron chi connectivity index (χ0n) is 19.4. The Morgan fingerprint density at radius 2 is 1.22 bits per heavy atom. The van der Waals surface area contributed by atoms with Gasteiger partial charge in [0, 0.05) is 23.0 Å². The Morgan fingerprint density at radius 3 is 1.92 bits per heavy atom. The van der Waals surface area contributed by atoms with E-state index in [-0.39, 0.29) is 0 Å². The molecular formula is C34H20ClN. The van der Waals surface area contributed by atoms with Crippen molar-refractivity contribution in [1.82, 2.24) is 4.98 Å². The molecule has 1 spiro atoms. The summed E-state index contributed by atoms with van der Waals surface area (Å²) in [7, 11) is 0. The van der Waals surface area contributed by atoms with E-state index in [1.54, 1.807) is 0 Å². The van der Waals surface area contributed by atoms with Gasteiger partial charge in [0.15, 0.2) is 0 Å². The molecule has 168 valence electrons. The molecule has 0 aliphatic heterocycles. The van der Waals surface area contributed by atoms with Crippen molar-refractivity contribution >= 4 is 22.4 Å². The van der Waals surface area contributed by atoms with Crippen molar-refractivity contribution in [3.63, 3.8) is 0 Å². The minimum absolute atomic E-state index is 0.475. The summed E-state index contributed by atoms with van der Waals surface area (Å²) in [6.45, 7) is 0. The van der Waals surface area contributed by atoms with Gasteiger partial charge in [0.1, 0.15) is 0 Å². The van der Waals surface area contributed by atoms with Gasteiger partial charge in [-0.25, -0.2) is 0 Å². The molecule has 2 aliphatic rings. The SMILES string of the molecule is Clc1ccc(-c2cccnc2)c2c1C1(c3ccccc3-c3ccccc31)c1cc3ccccc3cc1-2. The molecule has 0 radical (unpaired) electrons. The van der Waals surface area contributed by atoms with Crippen LogP contribution in [0, 0.1) is 0 Å². The fraction of sp³-hybridized carbons (Fsp3) is 0.0294. The maximum Gasteiger partial charge on any atom is 0.0740 e. The van der Waals surface area contributed by atoms with Crippen LogP contribution in [0.3, 0.4) is 0 Å². The zero-order valence-corrected chi connectivity index (χ0v) is 20.1. The van der Waals surface area contributed by atoms with Crippen LogP contribution >= 0.6 is 11.6 Å². The first-order chi connectivity index (χ1) is 17.8. The van der Waals surface area contributed by atoms with Crippen LogP contribution in [0.25, 0.3) is 44.2 Å². The van der Waals surface area contributed by atoms with Crippen molar-refractivity contribution in [2.45, 2.75) is 5.41 Å². The molecule has 2 aliphatic carbocycles. The number of benzene rings is 5. The van der Waals surface area contributed by atoms with Crippen molar-refractivity contribution < 1.29 is 0 Å². The van der Waals surface area contributed by atoms with E-state index in [0.29, 0.717) is 0 Å². The topological polar surface area (TPSA) is 12.9 Å². The quantitative estimate of drug-likeness (QED) is 0.230. The second kappa shape index (κ2) is 7.16. The van der Waals surface area contributed by atoms with Gasteiger partial charge in [-0.2, -0.15) is 0 Å². The van der Waals surface area contributed by atoms with Gasteiger partial charge in [-0.1, -0.05) is 96.5 Å². The van der Waals surface area contributed by atoms with Gasteiger partial charge in [-0.3, -0.25) is 4.98 Å². The first-order valence-electron chi connectivity index (χ1n) is 12.2. The number of rotatable bonds is 1. The molecule has 1 aromatic heterocycles. The second-order valence-corrected chi connectivity index (χ2v) is 10.1. The van der Waals surface area contributed by atoms with Crippen LogP contribution in [0.1, 0.15) is 22.3 Å². The summed E-state index contributed by atoms with van der Waals surface area (Å²) >= 11 is 7.24. The summed E-state index contributed by atoms with van der Waals surface area (Å²) in [6, 6.07) is 39.4. The molecule has 0 fully saturated rings. The Morgan fingerprint density at radius 1 is 0.556 bits per heavy atom. The predicted octanol–water partition coefficient (Wildman–Crippen LogP) is 8.90. The van der Waals surface area contributed by atoms with Gasteiger partial charge >= 0.3 is 0 Å². The number of fused-ring (bicyclic) bond motifs is 11. The minimum atomic E-state index is -0.475. The third-order valence-electron chi connectivity index (χ3n) is 8.01. The van der Waals surface area contributed by atoms with Gasteiger partial charge in [0.25, 0.3) is 0 Å². The normalized spacial score (nSPS) is 13.9. The van der Waals surface area contributed by atoms with Crippen LogP contribution in [-0.2, 0) is 5.41 Å². The summed E-state index contributed by atoms with van der Waals surface area (Å²) in [5.41, 5.74) is 11.9. The maximum atomic E-state index is 7.24. The Balaban J connectivity index is 1.63. The van der Waals surface area contributed by atoms with Crippen LogP contribution < -0.4 is 0 Å². The van der Waals surface area contributed by atoms with E-state index in [9.17, 15) is 0 Å². The monoisotopic (exact) mass is 477 g/mol. The summed E-state index contributed by atoms with van der Waals surface area (Å²) in [5.74, 6) is 0. The molecule has 0 saturated carbocycles. The highest BCUT2D eigenvalue weighted by atomic mass is 35.5. The molecule has 8 rings (SSSR count). The average molecular weight is 478 g/mol. The summed E-state index contributed by atoms with van der Waals surface area (Å²) < 4.78 is 0. The molecule has 0 bridgehead atoms. The highest BCUT2D eigenvalue weighted by molar-refractivity contribution is 6.33. The Labute approximate surface area is 214 Å². The van der Waals surface area contributed by atoms with Crippen molar-refractivity contribution in [3.05, 3.63) is 149 Å². The van der Waals surface area contributed by atoms with E-state index in [1.165, 1.54) is 55.3 Å². The molecule has 0 saturated heterocycles. The Kier molecular flexibility index (Phi) is 3.99. The Bertz CT molecular complexity index is 1810. The van der Waals surface area contributed by atoms with Crippen LogP contribution in [-0.4, -0.2) is 4.98 Å². The van der Waals surface area contributed by atoms with Crippen molar-refractivity contribution in [2.24, 2.45) is 0 Å². The lowest BCUT2D eigenvalue weighted by Crippen LogP contribution is -2.26. The Hall–Kier alpha value is -4.20. The average Bonchev–Trinajstić information content (AvgIpc) is 3.40. The van der Waals surface area contributed by atoms with E-state index < -0.39 is 5.41 Å². The van der Waals surface area contributed by atoms with Crippen LogP contribution in [0.4, 0.5) is 0 Å². The lowest BCUT2D eigenvalue weighted by molar-refractivity contribution is 0.795. The van der Waals surface area contributed by atoms with Gasteiger partial charge in [0.05, 0.1) is 5.41 Å². The lowest BCUT2D eigenvalue weighted by Gasteiger charge is -2.31. The highest BCUT2D eigenvalue weighted by Gasteiger charge is 2.53. The summed E-state index contributed by atoms with van der Waals surface area (Å²) in [6.07, 6.45) is 3.78. The predicted molar refractivity (Wildman–Crippen MR) is 148 cm³/mol. The standard InChI is InChI=1S/C34H20ClN/c35-31-16-15-24(23-10-7-17-36-20-23)32-27-18-21-8-1-2-9-22(21)19-30(27)34(33(31)32)28-13-5-3-11-25(28)26-12-4-6-14-29(26)34/h1-20H. The fourth-order valence-electron chi connectivity index (χ4n) is 6.67. The van der Waals surface area contributed by atoms with Crippen LogP contribution in [0.5, 0.6) is 0 Å². The minimum Gasteiger partial charge on any atom is -0.264 e. The second-order valence-electron chi connectivity index (χ2n) is 9.67. The number of pyridine rings is 1. The van der Waals surface area contributed by atoms with Crippen molar-refractivity contribution in [2.75, 3.05) is 0 Å². The van der Waals surface area contributed by atoms with Crippen molar-refractivity contribution in [3.8, 4) is 33.4 Å². The lowest BCUT2D eigenvalue weighted by atomic mass is 9.70. The molecule has 0 amide bonds. The maximum absolute atomic E-state index is 7.24. The molecule has 36 heavy (non-hydrogen) atoms. The molecule has 6 aromatic rings. The van der Waals surface area contributed by atoms with Gasteiger partial charge in [-0.05, 0) is 85.1 Å². The number of halogens is 1. The fourth-order valence-corrected chi connectivity index (χ4v) is 6.97. The molecule has 1 heterocycles. The molecule has 5 aromatic carbocycles. The van der Waals surface area contributed by atoms with Crippen LogP contribution in [0.2, 0.25) is 5.02 Å². The van der Waals surface area contributed by atoms with E-state index in [4.69, 9.17) is 11.6 Å². The van der Waals surface area contributed by atoms with Gasteiger partial charge in [-0.15, -0.1) is 0 Å². The van der Waals surface area contributed by atoms with E-state index in [0.717, 1.165) is 16.1 Å².